The predicted molar refractivity (Wildman–Crippen MR) is 145 cm³/mol. The van der Waals surface area contributed by atoms with E-state index in [1.807, 2.05) is 0 Å². The van der Waals surface area contributed by atoms with E-state index in [0.29, 0.717) is 22.6 Å². The van der Waals surface area contributed by atoms with E-state index >= 15 is 0 Å². The second-order valence-corrected chi connectivity index (χ2v) is 10.7. The summed E-state index contributed by atoms with van der Waals surface area (Å²) in [4.78, 5) is 25.4. The van der Waals surface area contributed by atoms with E-state index in [9.17, 15) is 31.2 Å². The minimum Gasteiger partial charge on any atom is -0.465 e. The number of sulfonamides is 1. The molecule has 0 amide bonds. The van der Waals surface area contributed by atoms with Gasteiger partial charge in [-0.1, -0.05) is 19.1 Å². The SMILES string of the molecule is CCC(=O)c1c(-c2ccc(F)cc2)oc2cc(N(CC=C(F)F)S(C)(=O)=O)c(-c3cccc(C(=O)OC)c3)cc12. The minimum atomic E-state index is -4.11. The number of anilines is 1. The lowest BCUT2D eigenvalue weighted by atomic mass is 9.95. The number of Topliss-reactive ketones (excluding diaryl/α,β-unsaturated/α-hetero) is 1. The molecule has 1 aromatic heterocycles. The summed E-state index contributed by atoms with van der Waals surface area (Å²) in [6, 6.07) is 14.3. The van der Waals surface area contributed by atoms with Crippen LogP contribution in [0.3, 0.4) is 0 Å². The standard InChI is InChI=1S/C29H24F3NO6S/c1-4-24(34)27-22-15-21(18-6-5-7-19(14-18)29(35)38-2)23(33(40(3,36)37)13-12-26(31)32)16-25(22)39-28(27)17-8-10-20(30)11-9-17/h5-12,14-16H,4,13H2,1-3H3. The van der Waals surface area contributed by atoms with Gasteiger partial charge in [0.25, 0.3) is 6.08 Å². The fourth-order valence-electron chi connectivity index (χ4n) is 4.32. The zero-order valence-electron chi connectivity index (χ0n) is 21.7. The van der Waals surface area contributed by atoms with Crippen molar-refractivity contribution >= 4 is 38.4 Å². The average molecular weight is 572 g/mol. The van der Waals surface area contributed by atoms with Crippen LogP contribution in [-0.2, 0) is 14.8 Å². The first-order valence-electron chi connectivity index (χ1n) is 12.0. The largest absolute Gasteiger partial charge is 0.465 e. The average Bonchev–Trinajstić information content (AvgIpc) is 3.29. The highest BCUT2D eigenvalue weighted by molar-refractivity contribution is 7.92. The summed E-state index contributed by atoms with van der Waals surface area (Å²) in [5, 5.41) is 0.328. The van der Waals surface area contributed by atoms with Crippen LogP contribution in [0.15, 0.2) is 77.2 Å². The molecule has 11 heteroatoms. The summed E-state index contributed by atoms with van der Waals surface area (Å²) in [7, 11) is -2.90. The Morgan fingerprint density at radius 3 is 2.33 bits per heavy atom. The maximum atomic E-state index is 13.6. The van der Waals surface area contributed by atoms with E-state index < -0.39 is 34.4 Å². The topological polar surface area (TPSA) is 93.9 Å². The molecule has 4 rings (SSSR count). The highest BCUT2D eigenvalue weighted by Gasteiger charge is 2.27. The van der Waals surface area contributed by atoms with E-state index in [4.69, 9.17) is 9.15 Å². The van der Waals surface area contributed by atoms with Crippen LogP contribution in [-0.4, -0.2) is 40.1 Å². The summed E-state index contributed by atoms with van der Waals surface area (Å²) < 4.78 is 77.0. The van der Waals surface area contributed by atoms with Gasteiger partial charge in [-0.2, -0.15) is 8.78 Å². The summed E-state index contributed by atoms with van der Waals surface area (Å²) >= 11 is 0. The molecule has 3 aromatic carbocycles. The molecule has 7 nitrogen and oxygen atoms in total. The number of hydrogen-bond donors (Lipinski definition) is 0. The van der Waals surface area contributed by atoms with Crippen molar-refractivity contribution in [1.29, 1.82) is 0 Å². The molecule has 0 saturated carbocycles. The molecule has 4 aromatic rings. The zero-order chi connectivity index (χ0) is 29.2. The molecule has 0 N–H and O–H groups in total. The van der Waals surface area contributed by atoms with Crippen molar-refractivity contribution < 1.29 is 40.3 Å². The van der Waals surface area contributed by atoms with Gasteiger partial charge in [0, 0.05) is 35.1 Å². The fraction of sp³-hybridized carbons (Fsp3) is 0.172. The highest BCUT2D eigenvalue weighted by Crippen LogP contribution is 2.42. The van der Waals surface area contributed by atoms with E-state index in [0.717, 1.165) is 10.6 Å². The predicted octanol–water partition coefficient (Wildman–Crippen LogP) is 6.83. The number of halogens is 3. The Balaban J connectivity index is 2.10. The number of furan rings is 1. The Morgan fingerprint density at radius 1 is 1.02 bits per heavy atom. The number of benzene rings is 3. The normalized spacial score (nSPS) is 11.3. The molecule has 0 saturated heterocycles. The van der Waals surface area contributed by atoms with E-state index in [-0.39, 0.29) is 45.9 Å². The third kappa shape index (κ3) is 5.79. The van der Waals surface area contributed by atoms with Gasteiger partial charge < -0.3 is 9.15 Å². The summed E-state index contributed by atoms with van der Waals surface area (Å²) in [6.07, 6.45) is -0.642. The van der Waals surface area contributed by atoms with Gasteiger partial charge in [-0.05, 0) is 48.0 Å². The van der Waals surface area contributed by atoms with Gasteiger partial charge in [0.15, 0.2) is 5.78 Å². The number of fused-ring (bicyclic) bond motifs is 1. The van der Waals surface area contributed by atoms with Crippen molar-refractivity contribution in [3.05, 3.63) is 89.8 Å². The van der Waals surface area contributed by atoms with Gasteiger partial charge in [0.2, 0.25) is 10.0 Å². The quantitative estimate of drug-likeness (QED) is 0.161. The number of nitrogens with zero attached hydrogens (tertiary/aromatic N) is 1. The van der Waals surface area contributed by atoms with Crippen molar-refractivity contribution in [2.24, 2.45) is 0 Å². The number of ether oxygens (including phenoxy) is 1. The van der Waals surface area contributed by atoms with Crippen molar-refractivity contribution in [3.8, 4) is 22.5 Å². The second-order valence-electron chi connectivity index (χ2n) is 8.82. The Morgan fingerprint density at radius 2 is 1.73 bits per heavy atom. The van der Waals surface area contributed by atoms with Crippen LogP contribution >= 0.6 is 0 Å². The monoisotopic (exact) mass is 571 g/mol. The van der Waals surface area contributed by atoms with Crippen molar-refractivity contribution in [1.82, 2.24) is 0 Å². The van der Waals surface area contributed by atoms with Crippen LogP contribution in [0.1, 0.15) is 34.1 Å². The summed E-state index contributed by atoms with van der Waals surface area (Å²) in [5.41, 5.74) is 1.44. The fourth-order valence-corrected chi connectivity index (χ4v) is 5.18. The first-order valence-corrected chi connectivity index (χ1v) is 13.9. The van der Waals surface area contributed by atoms with Crippen LogP contribution in [0.5, 0.6) is 0 Å². The molecule has 0 aliphatic heterocycles. The van der Waals surface area contributed by atoms with Crippen molar-refractivity contribution in [3.63, 3.8) is 0 Å². The first kappa shape index (κ1) is 28.6. The Kier molecular flexibility index (Phi) is 8.15. The molecule has 0 aliphatic carbocycles. The van der Waals surface area contributed by atoms with Gasteiger partial charge in [0.05, 0.1) is 36.7 Å². The third-order valence-corrected chi connectivity index (χ3v) is 7.33. The number of hydrogen-bond acceptors (Lipinski definition) is 6. The molecule has 40 heavy (non-hydrogen) atoms. The molecule has 0 atom stereocenters. The molecule has 0 unspecified atom stereocenters. The number of esters is 1. The molecule has 0 bridgehead atoms. The lowest BCUT2D eigenvalue weighted by Gasteiger charge is -2.24. The molecular weight excluding hydrogens is 547 g/mol. The number of methoxy groups -OCH3 is 1. The summed E-state index contributed by atoms with van der Waals surface area (Å²) in [5.74, 6) is -1.28. The minimum absolute atomic E-state index is 0.0237. The number of carbonyl (C=O) groups excluding carboxylic acids is 2. The molecule has 0 spiro atoms. The lowest BCUT2D eigenvalue weighted by molar-refractivity contribution is 0.0600. The zero-order valence-corrected chi connectivity index (χ0v) is 22.5. The molecule has 0 radical (unpaired) electrons. The van der Waals surface area contributed by atoms with Gasteiger partial charge in [-0.25, -0.2) is 17.6 Å². The lowest BCUT2D eigenvalue weighted by Crippen LogP contribution is -2.30. The molecular formula is C29H24F3NO6S. The molecule has 0 fully saturated rings. The van der Waals surface area contributed by atoms with Crippen molar-refractivity contribution in [2.45, 2.75) is 13.3 Å². The maximum absolute atomic E-state index is 13.6. The number of carbonyl (C=O) groups is 2. The highest BCUT2D eigenvalue weighted by atomic mass is 32.2. The maximum Gasteiger partial charge on any atom is 0.337 e. The first-order chi connectivity index (χ1) is 18.9. The van der Waals surface area contributed by atoms with E-state index in [2.05, 4.69) is 0 Å². The van der Waals surface area contributed by atoms with Crippen LogP contribution in [0, 0.1) is 5.82 Å². The Bertz CT molecular complexity index is 1740. The van der Waals surface area contributed by atoms with E-state index in [1.165, 1.54) is 55.6 Å². The third-order valence-electron chi connectivity index (χ3n) is 6.19. The van der Waals surface area contributed by atoms with E-state index in [1.54, 1.807) is 19.1 Å². The smallest absolute Gasteiger partial charge is 0.337 e. The van der Waals surface area contributed by atoms with Gasteiger partial charge in [-0.3, -0.25) is 9.10 Å². The van der Waals surface area contributed by atoms with Crippen LogP contribution < -0.4 is 4.31 Å². The van der Waals surface area contributed by atoms with Gasteiger partial charge in [-0.15, -0.1) is 0 Å². The summed E-state index contributed by atoms with van der Waals surface area (Å²) in [6.45, 7) is 0.969. The van der Waals surface area contributed by atoms with Gasteiger partial charge in [0.1, 0.15) is 17.2 Å². The van der Waals surface area contributed by atoms with Crippen LogP contribution in [0.4, 0.5) is 18.9 Å². The number of ketones is 1. The molecule has 208 valence electrons. The Hall–Kier alpha value is -4.38. The molecule has 0 aliphatic rings. The second kappa shape index (κ2) is 11.4. The molecule has 1 heterocycles. The van der Waals surface area contributed by atoms with Crippen LogP contribution in [0.25, 0.3) is 33.4 Å². The van der Waals surface area contributed by atoms with Crippen molar-refractivity contribution in [2.75, 3.05) is 24.2 Å². The Labute approximate surface area is 228 Å². The van der Waals surface area contributed by atoms with Gasteiger partial charge >= 0.3 is 5.97 Å². The van der Waals surface area contributed by atoms with Crippen LogP contribution in [0.2, 0.25) is 0 Å². The number of rotatable bonds is 9.